The Hall–Kier alpha value is -2.73. The number of esters is 2. The van der Waals surface area contributed by atoms with Crippen LogP contribution < -0.4 is 10.1 Å². The molecule has 0 amide bonds. The molecule has 1 fully saturated rings. The van der Waals surface area contributed by atoms with Crippen molar-refractivity contribution in [3.8, 4) is 16.2 Å². The Bertz CT molecular complexity index is 1450. The minimum absolute atomic E-state index is 0.00596. The Morgan fingerprint density at radius 3 is 2.45 bits per heavy atom. The zero-order valence-electron chi connectivity index (χ0n) is 22.7. The highest BCUT2D eigenvalue weighted by atomic mass is 79.9. The summed E-state index contributed by atoms with van der Waals surface area (Å²) in [6.45, 7) is 6.35. The summed E-state index contributed by atoms with van der Waals surface area (Å²) in [7, 11) is -3.38. The largest absolute Gasteiger partial charge is 0.461 e. The number of thiophene rings is 1. The molecule has 1 saturated heterocycles. The average Bonchev–Trinajstić information content (AvgIpc) is 3.23. The van der Waals surface area contributed by atoms with E-state index >= 15 is 0 Å². The number of ether oxygens (including phenoxy) is 2. The predicted octanol–water partition coefficient (Wildman–Crippen LogP) is 6.32. The molecule has 1 aliphatic rings. The van der Waals surface area contributed by atoms with Crippen molar-refractivity contribution in [2.75, 3.05) is 25.0 Å². The molecule has 1 N–H and O–H groups in total. The normalized spacial score (nSPS) is 14.7. The summed E-state index contributed by atoms with van der Waals surface area (Å²) in [5.74, 6) is -0.738. The number of hydrogen-bond donors (Lipinski definition) is 1. The van der Waals surface area contributed by atoms with E-state index < -0.39 is 22.0 Å². The van der Waals surface area contributed by atoms with Gasteiger partial charge in [0.1, 0.15) is 0 Å². The van der Waals surface area contributed by atoms with E-state index in [1.807, 2.05) is 68.4 Å². The van der Waals surface area contributed by atoms with Crippen LogP contribution in [0.15, 0.2) is 59.1 Å². The molecule has 0 radical (unpaired) electrons. The number of hydrogen-bond acceptors (Lipinski definition) is 8. The standard InChI is InChI=1S/C29H33BrN2O6S2/c1-19(2)17-37-29(34)28-26(38-20(3)33)25(30)27(39-28)22-10-7-11-24(16-22)31-23-12-14-32(15-13-23)40(35,36)18-21-8-5-4-6-9-21/h4-11,16,19,23,31H,12-15,17-18H2,1-3H3. The van der Waals surface area contributed by atoms with E-state index in [1.165, 1.54) is 18.3 Å². The van der Waals surface area contributed by atoms with Gasteiger partial charge in [0.15, 0.2) is 10.6 Å². The number of nitrogens with one attached hydrogen (secondary N) is 1. The van der Waals surface area contributed by atoms with E-state index in [0.717, 1.165) is 21.7 Å². The van der Waals surface area contributed by atoms with Crippen molar-refractivity contribution in [2.45, 2.75) is 45.4 Å². The van der Waals surface area contributed by atoms with Crippen molar-refractivity contribution in [2.24, 2.45) is 5.92 Å². The lowest BCUT2D eigenvalue weighted by atomic mass is 10.1. The van der Waals surface area contributed by atoms with Crippen LogP contribution in [-0.4, -0.2) is 50.4 Å². The van der Waals surface area contributed by atoms with Gasteiger partial charge in [0.25, 0.3) is 0 Å². The number of piperidine rings is 1. The molecular weight excluding hydrogens is 616 g/mol. The van der Waals surface area contributed by atoms with Crippen molar-refractivity contribution < 1.29 is 27.5 Å². The first kappa shape index (κ1) is 30.2. The fraction of sp³-hybridized carbons (Fsp3) is 0.379. The minimum Gasteiger partial charge on any atom is -0.461 e. The average molecular weight is 650 g/mol. The molecule has 1 aliphatic heterocycles. The molecule has 4 rings (SSSR count). The summed E-state index contributed by atoms with van der Waals surface area (Å²) < 4.78 is 38.7. The number of nitrogens with zero attached hydrogens (tertiary/aromatic N) is 1. The Labute approximate surface area is 247 Å². The van der Waals surface area contributed by atoms with Gasteiger partial charge in [-0.2, -0.15) is 0 Å². The van der Waals surface area contributed by atoms with Crippen molar-refractivity contribution in [1.29, 1.82) is 0 Å². The molecule has 214 valence electrons. The summed E-state index contributed by atoms with van der Waals surface area (Å²) in [5, 5.41) is 3.53. The first-order valence-electron chi connectivity index (χ1n) is 13.1. The molecule has 11 heteroatoms. The van der Waals surface area contributed by atoms with Crippen LogP contribution in [-0.2, 0) is 25.3 Å². The second-order valence-electron chi connectivity index (χ2n) is 10.1. The lowest BCUT2D eigenvalue weighted by Gasteiger charge is -2.32. The fourth-order valence-electron chi connectivity index (χ4n) is 4.40. The highest BCUT2D eigenvalue weighted by Crippen LogP contribution is 2.46. The van der Waals surface area contributed by atoms with Gasteiger partial charge in [0.05, 0.1) is 21.7 Å². The highest BCUT2D eigenvalue weighted by molar-refractivity contribution is 9.10. The lowest BCUT2D eigenvalue weighted by molar-refractivity contribution is -0.131. The number of halogens is 1. The van der Waals surface area contributed by atoms with E-state index in [9.17, 15) is 18.0 Å². The first-order chi connectivity index (χ1) is 19.0. The van der Waals surface area contributed by atoms with Gasteiger partial charge < -0.3 is 14.8 Å². The number of sulfonamides is 1. The predicted molar refractivity (Wildman–Crippen MR) is 161 cm³/mol. The van der Waals surface area contributed by atoms with Crippen molar-refractivity contribution in [3.63, 3.8) is 0 Å². The quantitative estimate of drug-likeness (QED) is 0.257. The third-order valence-electron chi connectivity index (χ3n) is 6.32. The molecule has 2 heterocycles. The Morgan fingerprint density at radius 1 is 1.10 bits per heavy atom. The number of benzene rings is 2. The summed E-state index contributed by atoms with van der Waals surface area (Å²) in [6, 6.07) is 17.1. The van der Waals surface area contributed by atoms with Gasteiger partial charge in [-0.15, -0.1) is 11.3 Å². The van der Waals surface area contributed by atoms with Crippen LogP contribution in [0, 0.1) is 5.92 Å². The molecule has 0 bridgehead atoms. The molecule has 0 saturated carbocycles. The third-order valence-corrected chi connectivity index (χ3v) is 10.4. The van der Waals surface area contributed by atoms with Gasteiger partial charge in [-0.3, -0.25) is 4.79 Å². The van der Waals surface area contributed by atoms with E-state index in [4.69, 9.17) is 9.47 Å². The maximum Gasteiger partial charge on any atom is 0.352 e. The third kappa shape index (κ3) is 7.72. The van der Waals surface area contributed by atoms with Gasteiger partial charge in [-0.05, 0) is 57.9 Å². The topological polar surface area (TPSA) is 102 Å². The number of rotatable bonds is 10. The van der Waals surface area contributed by atoms with E-state index in [1.54, 1.807) is 4.31 Å². The van der Waals surface area contributed by atoms with Crippen LogP contribution in [0.2, 0.25) is 0 Å². The second-order valence-corrected chi connectivity index (χ2v) is 13.9. The smallest absolute Gasteiger partial charge is 0.352 e. The van der Waals surface area contributed by atoms with E-state index in [-0.39, 0.29) is 34.9 Å². The van der Waals surface area contributed by atoms with Gasteiger partial charge in [0.2, 0.25) is 10.0 Å². The van der Waals surface area contributed by atoms with Gasteiger partial charge in [-0.25, -0.2) is 17.5 Å². The molecule has 40 heavy (non-hydrogen) atoms. The van der Waals surface area contributed by atoms with E-state index in [2.05, 4.69) is 21.2 Å². The second kappa shape index (κ2) is 13.3. The Morgan fingerprint density at radius 2 is 1.80 bits per heavy atom. The molecule has 0 atom stereocenters. The Balaban J connectivity index is 1.45. The van der Waals surface area contributed by atoms with Crippen molar-refractivity contribution in [3.05, 3.63) is 69.5 Å². The molecule has 2 aromatic carbocycles. The van der Waals surface area contributed by atoms with Crippen LogP contribution in [0.4, 0.5) is 5.69 Å². The SMILES string of the molecule is CC(=O)Oc1c(C(=O)OCC(C)C)sc(-c2cccc(NC3CCN(S(=O)(=O)Cc4ccccc4)CC3)c2)c1Br. The molecular formula is C29H33BrN2O6S2. The molecule has 1 aromatic heterocycles. The minimum atomic E-state index is -3.38. The van der Waals surface area contributed by atoms with E-state index in [0.29, 0.717) is 30.4 Å². The van der Waals surface area contributed by atoms with Crippen molar-refractivity contribution >= 4 is 54.9 Å². The molecule has 0 unspecified atom stereocenters. The monoisotopic (exact) mass is 648 g/mol. The molecule has 3 aromatic rings. The van der Waals surface area contributed by atoms with Gasteiger partial charge in [0, 0.05) is 31.7 Å². The summed E-state index contributed by atoms with van der Waals surface area (Å²) in [4.78, 5) is 25.5. The molecule has 8 nitrogen and oxygen atoms in total. The molecule has 0 aliphatic carbocycles. The number of carbonyl (C=O) groups excluding carboxylic acids is 2. The van der Waals surface area contributed by atoms with Gasteiger partial charge in [-0.1, -0.05) is 56.3 Å². The van der Waals surface area contributed by atoms with Crippen LogP contribution in [0.25, 0.3) is 10.4 Å². The summed E-state index contributed by atoms with van der Waals surface area (Å²) in [5.41, 5.74) is 2.50. The Kier molecular flexibility index (Phi) is 10.0. The summed E-state index contributed by atoms with van der Waals surface area (Å²) >= 11 is 4.73. The molecule has 0 spiro atoms. The zero-order valence-corrected chi connectivity index (χ0v) is 25.9. The number of carbonyl (C=O) groups is 2. The first-order valence-corrected chi connectivity index (χ1v) is 16.3. The highest BCUT2D eigenvalue weighted by Gasteiger charge is 2.29. The van der Waals surface area contributed by atoms with Gasteiger partial charge >= 0.3 is 11.9 Å². The van der Waals surface area contributed by atoms with Crippen LogP contribution in [0.1, 0.15) is 48.8 Å². The maximum atomic E-state index is 12.9. The van der Waals surface area contributed by atoms with Crippen molar-refractivity contribution in [1.82, 2.24) is 4.31 Å². The van der Waals surface area contributed by atoms with Crippen LogP contribution >= 0.6 is 27.3 Å². The zero-order chi connectivity index (χ0) is 28.9. The lowest BCUT2D eigenvalue weighted by Crippen LogP contribution is -2.42. The maximum absolute atomic E-state index is 12.9. The summed E-state index contributed by atoms with van der Waals surface area (Å²) in [6.07, 6.45) is 1.37. The number of anilines is 1. The van der Waals surface area contributed by atoms with Crippen LogP contribution in [0.5, 0.6) is 5.75 Å². The fourth-order valence-corrected chi connectivity index (χ4v) is 7.85. The van der Waals surface area contributed by atoms with Crippen LogP contribution in [0.3, 0.4) is 0 Å².